The van der Waals surface area contributed by atoms with E-state index in [2.05, 4.69) is 36.8 Å². The molecule has 3 aromatic rings. The lowest BCUT2D eigenvalue weighted by atomic mass is 10.1. The quantitative estimate of drug-likeness (QED) is 0.346. The number of rotatable bonds is 6. The molecule has 0 saturated carbocycles. The Labute approximate surface area is 166 Å². The van der Waals surface area contributed by atoms with Gasteiger partial charge < -0.3 is 0 Å². The molecule has 2 aromatic carbocycles. The van der Waals surface area contributed by atoms with E-state index in [1.165, 1.54) is 12.1 Å². The van der Waals surface area contributed by atoms with Gasteiger partial charge in [0.05, 0.1) is 33.5 Å². The molecule has 11 nitrogen and oxygen atoms in total. The summed E-state index contributed by atoms with van der Waals surface area (Å²) in [6, 6.07) is 10.6. The molecule has 12 heteroatoms. The number of nitro groups is 2. The van der Waals surface area contributed by atoms with Crippen molar-refractivity contribution in [3.63, 3.8) is 0 Å². The van der Waals surface area contributed by atoms with Crippen LogP contribution in [0.25, 0.3) is 5.69 Å². The van der Waals surface area contributed by atoms with E-state index in [-0.39, 0.29) is 11.4 Å². The lowest BCUT2D eigenvalue weighted by Gasteiger charge is -2.06. The van der Waals surface area contributed by atoms with Crippen molar-refractivity contribution in [1.29, 1.82) is 0 Å². The fourth-order valence-electron chi connectivity index (χ4n) is 2.33. The van der Waals surface area contributed by atoms with Crippen molar-refractivity contribution >= 4 is 38.7 Å². The van der Waals surface area contributed by atoms with Gasteiger partial charge in [0.2, 0.25) is 0 Å². The van der Waals surface area contributed by atoms with Gasteiger partial charge in [-0.15, -0.1) is 5.10 Å². The summed E-state index contributed by atoms with van der Waals surface area (Å²) in [6.45, 7) is 1.73. The van der Waals surface area contributed by atoms with Crippen LogP contribution in [0, 0.1) is 20.2 Å². The van der Waals surface area contributed by atoms with Crippen LogP contribution in [-0.2, 0) is 0 Å². The van der Waals surface area contributed by atoms with Gasteiger partial charge in [-0.3, -0.25) is 25.7 Å². The molecular formula is C16H12BrN7O4. The first-order chi connectivity index (χ1) is 13.4. The minimum Gasteiger partial charge on any atom is -0.271 e. The molecule has 0 spiro atoms. The molecule has 0 unspecified atom stereocenters. The highest BCUT2D eigenvalue weighted by Gasteiger charge is 2.19. The van der Waals surface area contributed by atoms with Crippen LogP contribution in [0.5, 0.6) is 0 Å². The van der Waals surface area contributed by atoms with Crippen LogP contribution in [0.1, 0.15) is 12.5 Å². The summed E-state index contributed by atoms with van der Waals surface area (Å²) in [5.41, 5.74) is 3.98. The summed E-state index contributed by atoms with van der Waals surface area (Å²) in [5, 5.41) is 33.8. The summed E-state index contributed by atoms with van der Waals surface area (Å²) in [4.78, 5) is 20.6. The zero-order valence-electron chi connectivity index (χ0n) is 14.3. The van der Waals surface area contributed by atoms with Crippen molar-refractivity contribution in [1.82, 2.24) is 15.0 Å². The predicted molar refractivity (Wildman–Crippen MR) is 105 cm³/mol. The van der Waals surface area contributed by atoms with E-state index < -0.39 is 15.5 Å². The zero-order chi connectivity index (χ0) is 20.3. The van der Waals surface area contributed by atoms with Crippen LogP contribution < -0.4 is 5.43 Å². The number of nitrogens with zero attached hydrogens (tertiary/aromatic N) is 6. The third-order valence-electron chi connectivity index (χ3n) is 3.77. The number of hydrazone groups is 1. The van der Waals surface area contributed by atoms with Crippen molar-refractivity contribution in [3.8, 4) is 5.69 Å². The molecule has 0 amide bonds. The Bertz CT molecular complexity index is 1080. The Morgan fingerprint density at radius 1 is 1.14 bits per heavy atom. The molecule has 0 radical (unpaired) electrons. The second-order valence-corrected chi connectivity index (χ2v) is 6.35. The van der Waals surface area contributed by atoms with E-state index in [1.54, 1.807) is 17.8 Å². The van der Waals surface area contributed by atoms with Crippen molar-refractivity contribution in [2.24, 2.45) is 5.10 Å². The van der Waals surface area contributed by atoms with E-state index in [4.69, 9.17) is 0 Å². The monoisotopic (exact) mass is 445 g/mol. The molecule has 3 rings (SSSR count). The van der Waals surface area contributed by atoms with E-state index >= 15 is 0 Å². The molecule has 1 N–H and O–H groups in total. The van der Waals surface area contributed by atoms with Gasteiger partial charge in [0, 0.05) is 6.07 Å². The number of benzene rings is 2. The highest BCUT2D eigenvalue weighted by atomic mass is 79.9. The Morgan fingerprint density at radius 2 is 1.86 bits per heavy atom. The molecule has 1 aromatic heterocycles. The number of anilines is 1. The maximum Gasteiger partial charge on any atom is 0.301 e. The van der Waals surface area contributed by atoms with Gasteiger partial charge in [0.15, 0.2) is 0 Å². The smallest absolute Gasteiger partial charge is 0.271 e. The van der Waals surface area contributed by atoms with Gasteiger partial charge in [-0.05, 0) is 46.6 Å². The first-order valence-electron chi connectivity index (χ1n) is 7.77. The standard InChI is InChI=1S/C16H12BrN7O4/c1-10(11-2-4-12(5-3-11)22-16(17)9-18-21-22)19-20-14-7-6-13(23(25)26)8-15(14)24(27)28/h2-9,20H,1H3/b19-10+. The van der Waals surface area contributed by atoms with Crippen LogP contribution in [0.2, 0.25) is 0 Å². The maximum absolute atomic E-state index is 11.2. The lowest BCUT2D eigenvalue weighted by Crippen LogP contribution is -2.03. The number of aromatic nitrogens is 3. The molecule has 28 heavy (non-hydrogen) atoms. The normalized spacial score (nSPS) is 11.3. The highest BCUT2D eigenvalue weighted by molar-refractivity contribution is 9.10. The first kappa shape index (κ1) is 19.1. The van der Waals surface area contributed by atoms with Crippen LogP contribution in [0.3, 0.4) is 0 Å². The number of halogens is 1. The fourth-order valence-corrected chi connectivity index (χ4v) is 2.70. The number of non-ortho nitro benzene ring substituents is 1. The summed E-state index contributed by atoms with van der Waals surface area (Å²) >= 11 is 3.34. The summed E-state index contributed by atoms with van der Waals surface area (Å²) in [6.07, 6.45) is 1.57. The van der Waals surface area contributed by atoms with Gasteiger partial charge >= 0.3 is 5.69 Å². The van der Waals surface area contributed by atoms with Gasteiger partial charge in [0.1, 0.15) is 10.3 Å². The average molecular weight is 446 g/mol. The van der Waals surface area contributed by atoms with Crippen LogP contribution >= 0.6 is 15.9 Å². The van der Waals surface area contributed by atoms with E-state index in [9.17, 15) is 20.2 Å². The van der Waals surface area contributed by atoms with Crippen molar-refractivity contribution in [3.05, 3.63) is 79.1 Å². The topological polar surface area (TPSA) is 141 Å². The molecule has 0 atom stereocenters. The van der Waals surface area contributed by atoms with Crippen LogP contribution in [0.15, 0.2) is 58.4 Å². The summed E-state index contributed by atoms with van der Waals surface area (Å²) in [7, 11) is 0. The van der Waals surface area contributed by atoms with E-state index in [0.717, 1.165) is 17.3 Å². The summed E-state index contributed by atoms with van der Waals surface area (Å²) in [5.74, 6) is 0. The Kier molecular flexibility index (Phi) is 5.40. The van der Waals surface area contributed by atoms with Gasteiger partial charge in [0.25, 0.3) is 5.69 Å². The number of hydrogen-bond donors (Lipinski definition) is 1. The van der Waals surface area contributed by atoms with Crippen molar-refractivity contribution in [2.45, 2.75) is 6.92 Å². The molecule has 142 valence electrons. The third-order valence-corrected chi connectivity index (χ3v) is 4.31. The second kappa shape index (κ2) is 7.92. The van der Waals surface area contributed by atoms with Crippen molar-refractivity contribution < 1.29 is 9.85 Å². The molecule has 0 aliphatic rings. The van der Waals surface area contributed by atoms with Gasteiger partial charge in [-0.25, -0.2) is 4.68 Å². The van der Waals surface area contributed by atoms with Crippen LogP contribution in [0.4, 0.5) is 17.1 Å². The molecule has 0 aliphatic carbocycles. The Hall–Kier alpha value is -3.67. The number of nitrogens with one attached hydrogen (secondary N) is 1. The molecular weight excluding hydrogens is 434 g/mol. The number of hydrogen-bond acceptors (Lipinski definition) is 8. The van der Waals surface area contributed by atoms with Crippen LogP contribution in [-0.4, -0.2) is 30.6 Å². The molecule has 0 bridgehead atoms. The van der Waals surface area contributed by atoms with Gasteiger partial charge in [-0.2, -0.15) is 5.10 Å². The first-order valence-corrected chi connectivity index (χ1v) is 8.56. The van der Waals surface area contributed by atoms with Crippen molar-refractivity contribution in [2.75, 3.05) is 5.43 Å². The van der Waals surface area contributed by atoms with E-state index in [1.807, 2.05) is 24.3 Å². The fraction of sp³-hybridized carbons (Fsp3) is 0.0625. The summed E-state index contributed by atoms with van der Waals surface area (Å²) < 4.78 is 2.31. The third kappa shape index (κ3) is 4.01. The molecule has 1 heterocycles. The maximum atomic E-state index is 11.2. The SMILES string of the molecule is C/C(=N\Nc1ccc([N+](=O)[O-])cc1[N+](=O)[O-])c1ccc(-n2nncc2Br)cc1. The molecule has 0 aliphatic heterocycles. The minimum atomic E-state index is -0.703. The molecule has 0 fully saturated rings. The Morgan fingerprint density at radius 3 is 2.43 bits per heavy atom. The average Bonchev–Trinajstić information content (AvgIpc) is 3.11. The largest absolute Gasteiger partial charge is 0.301 e. The highest BCUT2D eigenvalue weighted by Crippen LogP contribution is 2.29. The second-order valence-electron chi connectivity index (χ2n) is 5.54. The van der Waals surface area contributed by atoms with E-state index in [0.29, 0.717) is 10.3 Å². The Balaban J connectivity index is 1.82. The predicted octanol–water partition coefficient (Wildman–Crippen LogP) is 3.68. The van der Waals surface area contributed by atoms with Gasteiger partial charge in [-0.1, -0.05) is 17.3 Å². The number of nitro benzene ring substituents is 2. The molecule has 0 saturated heterocycles. The minimum absolute atomic E-state index is 0.0538. The zero-order valence-corrected chi connectivity index (χ0v) is 15.9. The lowest BCUT2D eigenvalue weighted by molar-refractivity contribution is -0.393.